The number of carbonyl (C=O) groups excluding carboxylic acids is 2. The zero-order valence-corrected chi connectivity index (χ0v) is 22.1. The summed E-state index contributed by atoms with van der Waals surface area (Å²) in [6.45, 7) is 1.45. The minimum Gasteiger partial charge on any atom is -0.495 e. The summed E-state index contributed by atoms with van der Waals surface area (Å²) >= 11 is 6.23. The van der Waals surface area contributed by atoms with Gasteiger partial charge in [-0.1, -0.05) is 41.9 Å². The number of ketones is 2. The van der Waals surface area contributed by atoms with Crippen molar-refractivity contribution in [3.63, 3.8) is 0 Å². The summed E-state index contributed by atoms with van der Waals surface area (Å²) in [5.41, 5.74) is 3.65. The summed E-state index contributed by atoms with van der Waals surface area (Å²) in [5.74, 6) is -0.0296. The Hall–Kier alpha value is -4.56. The molecule has 196 valence electrons. The van der Waals surface area contributed by atoms with E-state index in [0.29, 0.717) is 45.2 Å². The van der Waals surface area contributed by atoms with Gasteiger partial charge in [0.25, 0.3) is 5.56 Å². The lowest BCUT2D eigenvalue weighted by Gasteiger charge is -2.21. The summed E-state index contributed by atoms with van der Waals surface area (Å²) in [6, 6.07) is 18.5. The van der Waals surface area contributed by atoms with E-state index in [9.17, 15) is 14.4 Å². The second-order valence-corrected chi connectivity index (χ2v) is 9.61. The van der Waals surface area contributed by atoms with Crippen molar-refractivity contribution in [3.05, 3.63) is 111 Å². The standard InChI is InChI=1S/C30H25ClN4O4/c1-18(36)22-10-8-20(31)13-23(22)24-15-29(38)35(16-28(24)39-2)26(12-19-6-4-3-5-7-19)27(37)14-21-9-11-25-30(34-21)33-17-32-25/h3-11,13,15-17,26H,12,14H2,1-2H3,(H,32,33,34). The van der Waals surface area contributed by atoms with E-state index >= 15 is 0 Å². The molecule has 0 saturated heterocycles. The first-order chi connectivity index (χ1) is 18.8. The molecule has 0 aliphatic rings. The highest BCUT2D eigenvalue weighted by molar-refractivity contribution is 6.31. The van der Waals surface area contributed by atoms with Crippen LogP contribution in [0.4, 0.5) is 0 Å². The Kier molecular flexibility index (Phi) is 7.38. The van der Waals surface area contributed by atoms with E-state index < -0.39 is 11.6 Å². The lowest BCUT2D eigenvalue weighted by Crippen LogP contribution is -2.32. The Bertz CT molecular complexity index is 1740. The number of benzene rings is 2. The molecule has 0 radical (unpaired) electrons. The lowest BCUT2D eigenvalue weighted by molar-refractivity contribution is -0.121. The Labute approximate surface area is 229 Å². The van der Waals surface area contributed by atoms with Gasteiger partial charge < -0.3 is 14.3 Å². The molecule has 9 heteroatoms. The van der Waals surface area contributed by atoms with Crippen molar-refractivity contribution in [1.82, 2.24) is 19.5 Å². The van der Waals surface area contributed by atoms with E-state index in [1.54, 1.807) is 30.6 Å². The first-order valence-electron chi connectivity index (χ1n) is 12.3. The average molecular weight is 541 g/mol. The molecule has 39 heavy (non-hydrogen) atoms. The second kappa shape index (κ2) is 11.0. The van der Waals surface area contributed by atoms with Gasteiger partial charge in [-0.15, -0.1) is 0 Å². The number of Topliss-reactive ketones (excluding diaryl/α,β-unsaturated/α-hetero) is 2. The van der Waals surface area contributed by atoms with Gasteiger partial charge in [-0.05, 0) is 48.4 Å². The number of rotatable bonds is 9. The maximum Gasteiger partial charge on any atom is 0.252 e. The SMILES string of the molecule is COc1cn(C(Cc2ccccc2)C(=O)Cc2ccc3[nH]cnc3n2)c(=O)cc1-c1cc(Cl)ccc1C(C)=O. The van der Waals surface area contributed by atoms with Gasteiger partial charge in [-0.25, -0.2) is 9.97 Å². The lowest BCUT2D eigenvalue weighted by atomic mass is 9.96. The van der Waals surface area contributed by atoms with Gasteiger partial charge in [0.05, 0.1) is 43.3 Å². The fourth-order valence-corrected chi connectivity index (χ4v) is 4.82. The number of hydrogen-bond acceptors (Lipinski definition) is 6. The highest BCUT2D eigenvalue weighted by atomic mass is 35.5. The molecule has 5 aromatic rings. The van der Waals surface area contributed by atoms with Gasteiger partial charge >= 0.3 is 0 Å². The Balaban J connectivity index is 1.59. The molecule has 0 aliphatic heterocycles. The van der Waals surface area contributed by atoms with Gasteiger partial charge in [-0.3, -0.25) is 14.4 Å². The molecule has 1 N–H and O–H groups in total. The Morgan fingerprint density at radius 1 is 1.05 bits per heavy atom. The van der Waals surface area contributed by atoms with Crippen LogP contribution >= 0.6 is 11.6 Å². The molecule has 8 nitrogen and oxygen atoms in total. The molecule has 0 amide bonds. The number of H-pyrrole nitrogens is 1. The zero-order chi connectivity index (χ0) is 27.5. The van der Waals surface area contributed by atoms with Gasteiger partial charge in [0.1, 0.15) is 5.75 Å². The van der Waals surface area contributed by atoms with Crippen molar-refractivity contribution < 1.29 is 14.3 Å². The summed E-state index contributed by atoms with van der Waals surface area (Å²) in [4.78, 5) is 51.3. The summed E-state index contributed by atoms with van der Waals surface area (Å²) in [5, 5.41) is 0.416. The molecular weight excluding hydrogens is 516 g/mol. The van der Waals surface area contributed by atoms with E-state index in [0.717, 1.165) is 11.1 Å². The van der Waals surface area contributed by atoms with Crippen LogP contribution < -0.4 is 10.3 Å². The number of carbonyl (C=O) groups is 2. The van der Waals surface area contributed by atoms with Crippen LogP contribution in [0.1, 0.15) is 34.6 Å². The highest BCUT2D eigenvalue weighted by Crippen LogP contribution is 2.34. The van der Waals surface area contributed by atoms with Crippen LogP contribution in [-0.4, -0.2) is 38.2 Å². The number of nitrogens with one attached hydrogen (secondary N) is 1. The zero-order valence-electron chi connectivity index (χ0n) is 21.3. The number of ether oxygens (including phenoxy) is 1. The van der Waals surface area contributed by atoms with Crippen LogP contribution in [-0.2, 0) is 17.6 Å². The first-order valence-corrected chi connectivity index (χ1v) is 12.7. The summed E-state index contributed by atoms with van der Waals surface area (Å²) in [6.07, 6.45) is 3.38. The number of fused-ring (bicyclic) bond motifs is 1. The number of hydrogen-bond donors (Lipinski definition) is 1. The summed E-state index contributed by atoms with van der Waals surface area (Å²) < 4.78 is 7.05. The molecule has 0 bridgehead atoms. The predicted octanol–water partition coefficient (Wildman–Crippen LogP) is 5.25. The van der Waals surface area contributed by atoms with Crippen LogP contribution in [0.15, 0.2) is 84.0 Å². The van der Waals surface area contributed by atoms with Crippen molar-refractivity contribution in [2.45, 2.75) is 25.8 Å². The number of nitrogens with zero attached hydrogens (tertiary/aromatic N) is 3. The quantitative estimate of drug-likeness (QED) is 0.256. The minimum atomic E-state index is -0.828. The molecule has 0 saturated carbocycles. The fourth-order valence-electron chi connectivity index (χ4n) is 4.65. The van der Waals surface area contributed by atoms with E-state index in [4.69, 9.17) is 16.3 Å². The predicted molar refractivity (Wildman–Crippen MR) is 149 cm³/mol. The van der Waals surface area contributed by atoms with Crippen molar-refractivity contribution in [2.24, 2.45) is 0 Å². The molecule has 5 rings (SSSR count). The third-order valence-corrected chi connectivity index (χ3v) is 6.82. The number of halogens is 1. The number of methoxy groups -OCH3 is 1. The largest absolute Gasteiger partial charge is 0.495 e. The highest BCUT2D eigenvalue weighted by Gasteiger charge is 2.25. The molecule has 1 atom stereocenters. The second-order valence-electron chi connectivity index (χ2n) is 9.17. The van der Waals surface area contributed by atoms with E-state index in [1.165, 1.54) is 30.9 Å². The number of pyridine rings is 2. The van der Waals surface area contributed by atoms with Crippen molar-refractivity contribution in [1.29, 1.82) is 0 Å². The van der Waals surface area contributed by atoms with E-state index in [1.807, 2.05) is 36.4 Å². The molecular formula is C30H25ClN4O4. The van der Waals surface area contributed by atoms with Gasteiger partial charge in [0.2, 0.25) is 0 Å². The van der Waals surface area contributed by atoms with Crippen LogP contribution in [0.2, 0.25) is 5.02 Å². The van der Waals surface area contributed by atoms with E-state index in [2.05, 4.69) is 15.0 Å². The minimum absolute atomic E-state index is 0.0135. The maximum absolute atomic E-state index is 13.8. The normalized spacial score (nSPS) is 11.9. The fraction of sp³-hybridized carbons (Fsp3) is 0.167. The first kappa shape index (κ1) is 26.1. The van der Waals surface area contributed by atoms with Crippen molar-refractivity contribution in [2.75, 3.05) is 7.11 Å². The molecule has 1 unspecified atom stereocenters. The third-order valence-electron chi connectivity index (χ3n) is 6.59. The van der Waals surface area contributed by atoms with Gasteiger partial charge in [0, 0.05) is 28.6 Å². The number of aromatic nitrogens is 4. The molecule has 0 aliphatic carbocycles. The van der Waals surface area contributed by atoms with Crippen LogP contribution in [0.25, 0.3) is 22.3 Å². The maximum atomic E-state index is 13.8. The van der Waals surface area contributed by atoms with Crippen LogP contribution in [0.5, 0.6) is 5.75 Å². The van der Waals surface area contributed by atoms with Crippen LogP contribution in [0.3, 0.4) is 0 Å². The topological polar surface area (TPSA) is 107 Å². The number of aromatic amines is 1. The molecule has 3 heterocycles. The third kappa shape index (κ3) is 5.51. The van der Waals surface area contributed by atoms with Crippen LogP contribution in [0, 0.1) is 0 Å². The Morgan fingerprint density at radius 2 is 1.85 bits per heavy atom. The molecule has 0 spiro atoms. The molecule has 2 aromatic carbocycles. The Morgan fingerprint density at radius 3 is 2.59 bits per heavy atom. The molecule has 0 fully saturated rings. The van der Waals surface area contributed by atoms with E-state index in [-0.39, 0.29) is 18.0 Å². The summed E-state index contributed by atoms with van der Waals surface area (Å²) in [7, 11) is 1.47. The van der Waals surface area contributed by atoms with Crippen molar-refractivity contribution >= 4 is 34.3 Å². The molecule has 3 aromatic heterocycles. The average Bonchev–Trinajstić information content (AvgIpc) is 3.40. The smallest absolute Gasteiger partial charge is 0.252 e. The van der Waals surface area contributed by atoms with Gasteiger partial charge in [0.15, 0.2) is 17.2 Å². The van der Waals surface area contributed by atoms with Gasteiger partial charge in [-0.2, -0.15) is 0 Å². The number of imidazole rings is 1. The monoisotopic (exact) mass is 540 g/mol. The van der Waals surface area contributed by atoms with Crippen molar-refractivity contribution in [3.8, 4) is 16.9 Å².